The molecule has 0 N–H and O–H groups in total. The van der Waals surface area contributed by atoms with Crippen molar-refractivity contribution in [3.05, 3.63) is 32.2 Å². The lowest BCUT2D eigenvalue weighted by atomic mass is 10.1. The van der Waals surface area contributed by atoms with E-state index in [1.807, 2.05) is 12.1 Å². The molecule has 3 heteroatoms. The van der Waals surface area contributed by atoms with Gasteiger partial charge in [0.25, 0.3) is 0 Å². The van der Waals surface area contributed by atoms with Crippen LogP contribution in [0.25, 0.3) is 10.1 Å². The second-order valence-electron chi connectivity index (χ2n) is 3.11. The maximum atomic E-state index is 10.7. The lowest BCUT2D eigenvalue weighted by Gasteiger charge is -2.01. The van der Waals surface area contributed by atoms with Gasteiger partial charge in [-0.2, -0.15) is 0 Å². The van der Waals surface area contributed by atoms with Gasteiger partial charge in [-0.3, -0.25) is 4.79 Å². The Morgan fingerprint density at radius 2 is 2.29 bits per heavy atom. The molecule has 1 aromatic carbocycles. The van der Waals surface area contributed by atoms with Crippen molar-refractivity contribution in [3.63, 3.8) is 0 Å². The number of thiophene rings is 1. The normalized spacial score (nSPS) is 10.7. The van der Waals surface area contributed by atoms with Gasteiger partial charge in [0.15, 0.2) is 0 Å². The number of fused-ring (bicyclic) bond motifs is 1. The number of rotatable bonds is 2. The summed E-state index contributed by atoms with van der Waals surface area (Å²) in [7, 11) is 0. The first kappa shape index (κ1) is 10.1. The van der Waals surface area contributed by atoms with Crippen LogP contribution in [0.4, 0.5) is 0 Å². The average Bonchev–Trinajstić information content (AvgIpc) is 2.59. The second-order valence-corrected chi connectivity index (χ2v) is 5.18. The van der Waals surface area contributed by atoms with E-state index in [9.17, 15) is 4.79 Å². The molecule has 0 atom stereocenters. The summed E-state index contributed by atoms with van der Waals surface area (Å²) in [5, 5.41) is 3.46. The SMILES string of the molecule is CCc1cc(C=O)cc2scc(I)c12. The molecule has 2 rings (SSSR count). The molecule has 0 aliphatic carbocycles. The van der Waals surface area contributed by atoms with Gasteiger partial charge >= 0.3 is 0 Å². The minimum atomic E-state index is 0.785. The number of carbonyl (C=O) groups excluding carboxylic acids is 1. The lowest BCUT2D eigenvalue weighted by Crippen LogP contribution is -1.87. The Labute approximate surface area is 100 Å². The fraction of sp³-hybridized carbons (Fsp3) is 0.182. The molecule has 0 unspecified atom stereocenters. The van der Waals surface area contributed by atoms with Crippen LogP contribution in [-0.4, -0.2) is 6.29 Å². The topological polar surface area (TPSA) is 17.1 Å². The van der Waals surface area contributed by atoms with Gasteiger partial charge in [-0.15, -0.1) is 11.3 Å². The third kappa shape index (κ3) is 1.59. The molecule has 1 heterocycles. The molecule has 0 spiro atoms. The molecule has 1 nitrogen and oxygen atoms in total. The Balaban J connectivity index is 2.82. The summed E-state index contributed by atoms with van der Waals surface area (Å²) in [6, 6.07) is 3.96. The van der Waals surface area contributed by atoms with Gasteiger partial charge in [-0.1, -0.05) is 6.92 Å². The quantitative estimate of drug-likeness (QED) is 0.607. The van der Waals surface area contributed by atoms with E-state index in [1.54, 1.807) is 11.3 Å². The number of halogens is 1. The number of carbonyl (C=O) groups is 1. The zero-order valence-corrected chi connectivity index (χ0v) is 10.7. The van der Waals surface area contributed by atoms with Crippen molar-refractivity contribution >= 4 is 50.3 Å². The standard InChI is InChI=1S/C11H9IOS/c1-2-8-3-7(5-13)4-10-11(8)9(12)6-14-10/h3-6H,2H2,1H3. The highest BCUT2D eigenvalue weighted by molar-refractivity contribution is 14.1. The van der Waals surface area contributed by atoms with E-state index in [1.165, 1.54) is 19.2 Å². The average molecular weight is 316 g/mol. The molecule has 0 saturated heterocycles. The predicted molar refractivity (Wildman–Crippen MR) is 69.3 cm³/mol. The Morgan fingerprint density at radius 1 is 1.50 bits per heavy atom. The zero-order valence-electron chi connectivity index (χ0n) is 7.71. The lowest BCUT2D eigenvalue weighted by molar-refractivity contribution is 0.112. The van der Waals surface area contributed by atoms with E-state index in [2.05, 4.69) is 34.9 Å². The summed E-state index contributed by atoms with van der Waals surface area (Å²) in [5.41, 5.74) is 2.06. The highest BCUT2D eigenvalue weighted by Gasteiger charge is 2.07. The molecule has 1 aromatic heterocycles. The Morgan fingerprint density at radius 3 is 2.93 bits per heavy atom. The number of benzene rings is 1. The van der Waals surface area contributed by atoms with Crippen molar-refractivity contribution in [1.82, 2.24) is 0 Å². The molecule has 0 bridgehead atoms. The van der Waals surface area contributed by atoms with Gasteiger partial charge in [0.2, 0.25) is 0 Å². The summed E-state index contributed by atoms with van der Waals surface area (Å²) in [4.78, 5) is 10.7. The minimum absolute atomic E-state index is 0.785. The molecule has 0 radical (unpaired) electrons. The van der Waals surface area contributed by atoms with Crippen molar-refractivity contribution in [1.29, 1.82) is 0 Å². The zero-order chi connectivity index (χ0) is 10.1. The van der Waals surface area contributed by atoms with Gasteiger partial charge < -0.3 is 0 Å². The first-order valence-corrected chi connectivity index (χ1v) is 6.37. The van der Waals surface area contributed by atoms with Crippen LogP contribution in [0.5, 0.6) is 0 Å². The van der Waals surface area contributed by atoms with Crippen LogP contribution in [0.15, 0.2) is 17.5 Å². The fourth-order valence-electron chi connectivity index (χ4n) is 1.58. The maximum Gasteiger partial charge on any atom is 0.150 e. The first-order valence-electron chi connectivity index (χ1n) is 4.41. The van der Waals surface area contributed by atoms with Gasteiger partial charge in [-0.25, -0.2) is 0 Å². The number of hydrogen-bond donors (Lipinski definition) is 0. The van der Waals surface area contributed by atoms with Crippen LogP contribution in [0.2, 0.25) is 0 Å². The van der Waals surface area contributed by atoms with E-state index in [-0.39, 0.29) is 0 Å². The summed E-state index contributed by atoms with van der Waals surface area (Å²) in [6.45, 7) is 2.12. The fourth-order valence-corrected chi connectivity index (χ4v) is 3.69. The molecule has 0 amide bonds. The van der Waals surface area contributed by atoms with Crippen molar-refractivity contribution in [2.45, 2.75) is 13.3 Å². The molecule has 0 fully saturated rings. The van der Waals surface area contributed by atoms with Crippen LogP contribution >= 0.6 is 33.9 Å². The molecule has 72 valence electrons. The van der Waals surface area contributed by atoms with E-state index >= 15 is 0 Å². The summed E-state index contributed by atoms with van der Waals surface area (Å²) in [6.07, 6.45) is 1.90. The Bertz CT molecular complexity index is 487. The molecule has 0 aliphatic rings. The minimum Gasteiger partial charge on any atom is -0.298 e. The Hall–Kier alpha value is -0.420. The van der Waals surface area contributed by atoms with Crippen LogP contribution in [0, 0.1) is 3.57 Å². The van der Waals surface area contributed by atoms with E-state index in [0.717, 1.165) is 18.3 Å². The van der Waals surface area contributed by atoms with Crippen molar-refractivity contribution in [3.8, 4) is 0 Å². The smallest absolute Gasteiger partial charge is 0.150 e. The predicted octanol–water partition coefficient (Wildman–Crippen LogP) is 3.88. The van der Waals surface area contributed by atoms with Gasteiger partial charge in [-0.05, 0) is 46.7 Å². The van der Waals surface area contributed by atoms with Crippen molar-refractivity contribution in [2.75, 3.05) is 0 Å². The van der Waals surface area contributed by atoms with Crippen LogP contribution in [0.3, 0.4) is 0 Å². The highest BCUT2D eigenvalue weighted by atomic mass is 127. The molecule has 0 saturated carbocycles. The molecule has 14 heavy (non-hydrogen) atoms. The second kappa shape index (κ2) is 3.98. The van der Waals surface area contributed by atoms with Gasteiger partial charge in [0.1, 0.15) is 6.29 Å². The number of aldehydes is 1. The summed E-state index contributed by atoms with van der Waals surface area (Å²) in [5.74, 6) is 0. The third-order valence-corrected chi connectivity index (χ3v) is 4.45. The van der Waals surface area contributed by atoms with Crippen molar-refractivity contribution < 1.29 is 4.79 Å². The van der Waals surface area contributed by atoms with Crippen molar-refractivity contribution in [2.24, 2.45) is 0 Å². The van der Waals surface area contributed by atoms with E-state index in [4.69, 9.17) is 0 Å². The van der Waals surface area contributed by atoms with Gasteiger partial charge in [0, 0.05) is 24.6 Å². The van der Waals surface area contributed by atoms with Crippen LogP contribution in [0.1, 0.15) is 22.8 Å². The molecular weight excluding hydrogens is 307 g/mol. The first-order chi connectivity index (χ1) is 6.76. The third-order valence-electron chi connectivity index (χ3n) is 2.25. The molecular formula is C11H9IOS. The van der Waals surface area contributed by atoms with Crippen LogP contribution in [-0.2, 0) is 6.42 Å². The van der Waals surface area contributed by atoms with Crippen LogP contribution < -0.4 is 0 Å². The monoisotopic (exact) mass is 316 g/mol. The number of hydrogen-bond acceptors (Lipinski definition) is 2. The Kier molecular flexibility index (Phi) is 2.88. The van der Waals surface area contributed by atoms with E-state index < -0.39 is 0 Å². The maximum absolute atomic E-state index is 10.7. The largest absolute Gasteiger partial charge is 0.298 e. The van der Waals surface area contributed by atoms with E-state index in [0.29, 0.717) is 0 Å². The number of aryl methyl sites for hydroxylation is 1. The summed E-state index contributed by atoms with van der Waals surface area (Å²) < 4.78 is 2.51. The molecule has 0 aliphatic heterocycles. The van der Waals surface area contributed by atoms with Gasteiger partial charge in [0.05, 0.1) is 0 Å². The highest BCUT2D eigenvalue weighted by Crippen LogP contribution is 2.31. The summed E-state index contributed by atoms with van der Waals surface area (Å²) >= 11 is 4.05. The molecule has 2 aromatic rings.